The molecule has 1 aromatic heterocycles. The maximum Gasteiger partial charge on any atom is 0.306 e. The fourth-order valence-electron chi connectivity index (χ4n) is 2.94. The molecule has 2 unspecified atom stereocenters. The monoisotopic (exact) mass is 331 g/mol. The topological polar surface area (TPSA) is 104 Å². The highest BCUT2D eigenvalue weighted by Crippen LogP contribution is 2.43. The van der Waals surface area contributed by atoms with E-state index < -0.39 is 29.8 Å². The van der Waals surface area contributed by atoms with Crippen molar-refractivity contribution in [2.75, 3.05) is 0 Å². The molecular formula is C16H13NO5S. The van der Waals surface area contributed by atoms with Gasteiger partial charge >= 0.3 is 5.97 Å². The quantitative estimate of drug-likeness (QED) is 0.722. The van der Waals surface area contributed by atoms with Crippen LogP contribution in [0, 0.1) is 0 Å². The van der Waals surface area contributed by atoms with Crippen molar-refractivity contribution in [3.8, 4) is 10.4 Å². The van der Waals surface area contributed by atoms with Gasteiger partial charge < -0.3 is 15.5 Å². The van der Waals surface area contributed by atoms with Gasteiger partial charge in [-0.3, -0.25) is 14.4 Å². The molecule has 0 saturated carbocycles. The van der Waals surface area contributed by atoms with Crippen molar-refractivity contribution in [1.29, 1.82) is 0 Å². The molecule has 1 aromatic carbocycles. The van der Waals surface area contributed by atoms with Crippen LogP contribution in [0.4, 0.5) is 0 Å². The molecule has 23 heavy (non-hydrogen) atoms. The number of amides is 1. The summed E-state index contributed by atoms with van der Waals surface area (Å²) < 4.78 is 0. The highest BCUT2D eigenvalue weighted by atomic mass is 32.1. The summed E-state index contributed by atoms with van der Waals surface area (Å²) in [5, 5.41) is 23.8. The number of carboxylic acids is 1. The molecular weight excluding hydrogens is 318 g/mol. The Bertz CT molecular complexity index is 786. The van der Waals surface area contributed by atoms with Gasteiger partial charge in [-0.25, -0.2) is 0 Å². The summed E-state index contributed by atoms with van der Waals surface area (Å²) in [6, 6.07) is 8.76. The number of ketones is 1. The van der Waals surface area contributed by atoms with Crippen molar-refractivity contribution in [3.05, 3.63) is 46.8 Å². The summed E-state index contributed by atoms with van der Waals surface area (Å²) in [6.45, 7) is 0. The summed E-state index contributed by atoms with van der Waals surface area (Å²) >= 11 is 1.51. The normalized spacial score (nSPS) is 22.7. The largest absolute Gasteiger partial charge is 0.481 e. The van der Waals surface area contributed by atoms with Gasteiger partial charge in [0, 0.05) is 10.4 Å². The molecule has 2 aromatic rings. The summed E-state index contributed by atoms with van der Waals surface area (Å²) in [5.74, 6) is -1.87. The SMILES string of the molecule is O=CNC1(CC(=O)O)C(=O)c2ccc(-c3cccs3)cc2C1O. The van der Waals surface area contributed by atoms with Crippen LogP contribution in [0.3, 0.4) is 0 Å². The van der Waals surface area contributed by atoms with Crippen LogP contribution in [-0.4, -0.2) is 33.9 Å². The average Bonchev–Trinajstić information content (AvgIpc) is 3.11. The Labute approximate surface area is 135 Å². The number of Topliss-reactive ketones (excluding diaryl/α,β-unsaturated/α-hetero) is 1. The van der Waals surface area contributed by atoms with Crippen molar-refractivity contribution in [1.82, 2.24) is 5.32 Å². The number of carbonyl (C=O) groups is 3. The van der Waals surface area contributed by atoms with E-state index in [1.165, 1.54) is 11.3 Å². The average molecular weight is 331 g/mol. The second-order valence-electron chi connectivity index (χ2n) is 5.32. The van der Waals surface area contributed by atoms with Gasteiger partial charge in [0.05, 0.1) is 6.42 Å². The fourth-order valence-corrected chi connectivity index (χ4v) is 3.66. The Morgan fingerprint density at radius 1 is 1.39 bits per heavy atom. The minimum Gasteiger partial charge on any atom is -0.481 e. The minimum atomic E-state index is -1.86. The number of nitrogens with one attached hydrogen (secondary N) is 1. The fraction of sp³-hybridized carbons (Fsp3) is 0.188. The second kappa shape index (κ2) is 5.60. The Morgan fingerprint density at radius 3 is 2.78 bits per heavy atom. The molecule has 1 heterocycles. The lowest BCUT2D eigenvalue weighted by Gasteiger charge is -2.28. The number of rotatable bonds is 5. The van der Waals surface area contributed by atoms with E-state index in [0.717, 1.165) is 10.4 Å². The summed E-state index contributed by atoms with van der Waals surface area (Å²) in [4.78, 5) is 35.6. The highest BCUT2D eigenvalue weighted by Gasteiger charge is 2.54. The molecule has 0 spiro atoms. The number of aliphatic hydroxyl groups excluding tert-OH is 1. The number of benzene rings is 1. The molecule has 3 N–H and O–H groups in total. The van der Waals surface area contributed by atoms with Crippen LogP contribution in [0.15, 0.2) is 35.7 Å². The van der Waals surface area contributed by atoms with E-state index in [4.69, 9.17) is 5.11 Å². The Hall–Kier alpha value is -2.51. The van der Waals surface area contributed by atoms with Gasteiger partial charge in [0.15, 0.2) is 5.78 Å². The number of thiophene rings is 1. The third-order valence-corrected chi connectivity index (χ3v) is 4.93. The van der Waals surface area contributed by atoms with Crippen LogP contribution in [0.5, 0.6) is 0 Å². The first-order chi connectivity index (χ1) is 11.0. The molecule has 0 aliphatic heterocycles. The van der Waals surface area contributed by atoms with Gasteiger partial charge in [-0.1, -0.05) is 18.2 Å². The van der Waals surface area contributed by atoms with Crippen LogP contribution in [-0.2, 0) is 9.59 Å². The molecule has 1 aliphatic rings. The Balaban J connectivity index is 2.10. The molecule has 0 bridgehead atoms. The summed E-state index contributed by atoms with van der Waals surface area (Å²) in [7, 11) is 0. The number of carboxylic acid groups (broad SMARTS) is 1. The van der Waals surface area contributed by atoms with E-state index in [0.29, 0.717) is 5.56 Å². The molecule has 1 aliphatic carbocycles. The predicted octanol–water partition coefficient (Wildman–Crippen LogP) is 1.60. The maximum absolute atomic E-state index is 12.6. The van der Waals surface area contributed by atoms with Crippen LogP contribution in [0.25, 0.3) is 10.4 Å². The lowest BCUT2D eigenvalue weighted by atomic mass is 9.88. The van der Waals surface area contributed by atoms with Crippen LogP contribution >= 0.6 is 11.3 Å². The number of aliphatic hydroxyl groups is 1. The lowest BCUT2D eigenvalue weighted by molar-refractivity contribution is -0.139. The molecule has 3 rings (SSSR count). The molecule has 0 fully saturated rings. The third-order valence-electron chi connectivity index (χ3n) is 4.01. The van der Waals surface area contributed by atoms with E-state index in [2.05, 4.69) is 5.32 Å². The van der Waals surface area contributed by atoms with Gasteiger partial charge in [0.1, 0.15) is 11.6 Å². The van der Waals surface area contributed by atoms with E-state index in [9.17, 15) is 19.5 Å². The van der Waals surface area contributed by atoms with Crippen LogP contribution in [0.2, 0.25) is 0 Å². The first kappa shape index (κ1) is 15.4. The molecule has 0 saturated heterocycles. The van der Waals surface area contributed by atoms with Crippen molar-refractivity contribution in [2.45, 2.75) is 18.1 Å². The van der Waals surface area contributed by atoms with Crippen molar-refractivity contribution < 1.29 is 24.6 Å². The van der Waals surface area contributed by atoms with E-state index in [1.54, 1.807) is 18.2 Å². The minimum absolute atomic E-state index is 0.230. The van der Waals surface area contributed by atoms with Gasteiger partial charge in [0.25, 0.3) is 0 Å². The van der Waals surface area contributed by atoms with Crippen LogP contribution in [0.1, 0.15) is 28.4 Å². The van der Waals surface area contributed by atoms with Gasteiger partial charge in [0.2, 0.25) is 6.41 Å². The maximum atomic E-state index is 12.6. The standard InChI is InChI=1S/C16H13NO5S/c18-8-17-16(7-13(19)20)14(21)10-4-3-9(6-11(10)15(16)22)12-2-1-5-23-12/h1-6,8,15,22H,7H2,(H,17,18)(H,19,20). The first-order valence-electron chi connectivity index (χ1n) is 6.83. The predicted molar refractivity (Wildman–Crippen MR) is 83.2 cm³/mol. The Morgan fingerprint density at radius 2 is 2.17 bits per heavy atom. The van der Waals surface area contributed by atoms with E-state index in [-0.39, 0.29) is 12.0 Å². The smallest absolute Gasteiger partial charge is 0.306 e. The second-order valence-corrected chi connectivity index (χ2v) is 6.26. The molecule has 7 heteroatoms. The molecule has 2 atom stereocenters. The molecule has 118 valence electrons. The molecule has 1 amide bonds. The first-order valence-corrected chi connectivity index (χ1v) is 7.71. The van der Waals surface area contributed by atoms with Gasteiger partial charge in [-0.2, -0.15) is 0 Å². The van der Waals surface area contributed by atoms with E-state index >= 15 is 0 Å². The molecule has 0 radical (unpaired) electrons. The van der Waals surface area contributed by atoms with Crippen LogP contribution < -0.4 is 5.32 Å². The van der Waals surface area contributed by atoms with Gasteiger partial charge in [-0.15, -0.1) is 11.3 Å². The lowest BCUT2D eigenvalue weighted by Crippen LogP contribution is -2.53. The zero-order valence-corrected chi connectivity index (χ0v) is 12.7. The number of hydrogen-bond acceptors (Lipinski definition) is 5. The van der Waals surface area contributed by atoms with Crippen molar-refractivity contribution >= 4 is 29.5 Å². The Kier molecular flexibility index (Phi) is 3.75. The number of hydrogen-bond donors (Lipinski definition) is 3. The number of fused-ring (bicyclic) bond motifs is 1. The zero-order chi connectivity index (χ0) is 16.6. The van der Waals surface area contributed by atoms with E-state index in [1.807, 2.05) is 17.5 Å². The molecule has 6 nitrogen and oxygen atoms in total. The van der Waals surface area contributed by atoms with Crippen molar-refractivity contribution in [3.63, 3.8) is 0 Å². The highest BCUT2D eigenvalue weighted by molar-refractivity contribution is 7.13. The number of carbonyl (C=O) groups excluding carboxylic acids is 2. The third kappa shape index (κ3) is 2.34. The van der Waals surface area contributed by atoms with Gasteiger partial charge in [-0.05, 0) is 28.6 Å². The summed E-state index contributed by atoms with van der Waals surface area (Å²) in [6.07, 6.45) is -1.85. The van der Waals surface area contributed by atoms with Crippen molar-refractivity contribution in [2.24, 2.45) is 0 Å². The summed E-state index contributed by atoms with van der Waals surface area (Å²) in [5.41, 5.74) is -0.475. The number of aliphatic carboxylic acids is 1. The zero-order valence-electron chi connectivity index (χ0n) is 11.9.